The van der Waals surface area contributed by atoms with Crippen LogP contribution in [0.1, 0.15) is 17.3 Å². The molecule has 6 heteroatoms. The van der Waals surface area contributed by atoms with Crippen molar-refractivity contribution in [3.05, 3.63) is 20.3 Å². The molecule has 15 heavy (non-hydrogen) atoms. The fraction of sp³-hybridized carbons (Fsp3) is 0.444. The Hall–Kier alpha value is 0.0400. The van der Waals surface area contributed by atoms with Gasteiger partial charge in [0.15, 0.2) is 0 Å². The molecule has 0 spiro atoms. The van der Waals surface area contributed by atoms with Crippen molar-refractivity contribution in [2.24, 2.45) is 0 Å². The molecule has 84 valence electrons. The number of thiophene rings is 1. The summed E-state index contributed by atoms with van der Waals surface area (Å²) < 4.78 is 0.925. The van der Waals surface area contributed by atoms with E-state index in [0.29, 0.717) is 20.1 Å². The molecule has 0 saturated heterocycles. The molecule has 2 nitrogen and oxygen atoms in total. The third-order valence-corrected chi connectivity index (χ3v) is 4.03. The normalized spacial score (nSPS) is 12.6. The Morgan fingerprint density at radius 3 is 2.60 bits per heavy atom. The Morgan fingerprint density at radius 1 is 1.60 bits per heavy atom. The first kappa shape index (κ1) is 13.1. The molecule has 1 atom stereocenters. The predicted octanol–water partition coefficient (Wildman–Crippen LogP) is 3.75. The molecule has 1 heterocycles. The Labute approximate surface area is 108 Å². The highest BCUT2D eigenvalue weighted by Gasteiger charge is 2.21. The number of hydrogen-bond donors (Lipinski definition) is 0. The summed E-state index contributed by atoms with van der Waals surface area (Å²) in [5.41, 5.74) is 0.436. The number of nitrogens with zero attached hydrogens (tertiary/aromatic N) is 1. The maximum absolute atomic E-state index is 11.9. The minimum absolute atomic E-state index is 0.0334. The van der Waals surface area contributed by atoms with Crippen molar-refractivity contribution < 1.29 is 4.79 Å². The number of hydrogen-bond acceptors (Lipinski definition) is 2. The van der Waals surface area contributed by atoms with Gasteiger partial charge in [-0.1, -0.05) is 23.2 Å². The van der Waals surface area contributed by atoms with Gasteiger partial charge in [-0.25, -0.2) is 0 Å². The van der Waals surface area contributed by atoms with Gasteiger partial charge in [0.2, 0.25) is 0 Å². The highest BCUT2D eigenvalue weighted by atomic mass is 35.5. The quantitative estimate of drug-likeness (QED) is 0.775. The fourth-order valence-electron chi connectivity index (χ4n) is 0.980. The van der Waals surface area contributed by atoms with E-state index in [1.165, 1.54) is 11.3 Å². The predicted molar refractivity (Wildman–Crippen MR) is 66.6 cm³/mol. The molecule has 0 bridgehead atoms. The third-order valence-electron chi connectivity index (χ3n) is 2.09. The van der Waals surface area contributed by atoms with Gasteiger partial charge in [-0.2, -0.15) is 0 Å². The Morgan fingerprint density at radius 2 is 2.20 bits per heavy atom. The first-order valence-corrected chi connectivity index (χ1v) is 6.36. The molecule has 0 N–H and O–H groups in total. The van der Waals surface area contributed by atoms with E-state index >= 15 is 0 Å². The molecule has 1 aromatic heterocycles. The van der Waals surface area contributed by atoms with Crippen LogP contribution in [0.3, 0.4) is 0 Å². The van der Waals surface area contributed by atoms with Crippen LogP contribution in [-0.2, 0) is 0 Å². The zero-order chi connectivity index (χ0) is 11.6. The third kappa shape index (κ3) is 3.00. The van der Waals surface area contributed by atoms with Crippen LogP contribution in [-0.4, -0.2) is 29.8 Å². The molecule has 0 saturated carbocycles. The fourth-order valence-corrected chi connectivity index (χ4v) is 2.63. The summed E-state index contributed by atoms with van der Waals surface area (Å²) in [6.07, 6.45) is 0. The number of halogens is 3. The lowest BCUT2D eigenvalue weighted by Gasteiger charge is -2.22. The Balaban J connectivity index is 2.89. The summed E-state index contributed by atoms with van der Waals surface area (Å²) >= 11 is 18.5. The standard InChI is InChI=1S/C9H10Cl3NOS/c1-5(4-10)13(2)9(14)6-3-7(11)15-8(6)12/h3,5H,4H2,1-2H3. The highest BCUT2D eigenvalue weighted by Crippen LogP contribution is 2.32. The number of carbonyl (C=O) groups excluding carboxylic acids is 1. The van der Waals surface area contributed by atoms with E-state index in [9.17, 15) is 4.79 Å². The van der Waals surface area contributed by atoms with Gasteiger partial charge in [0.05, 0.1) is 9.90 Å². The number of carbonyl (C=O) groups is 1. The van der Waals surface area contributed by atoms with Gasteiger partial charge in [-0.15, -0.1) is 22.9 Å². The average Bonchev–Trinajstić information content (AvgIpc) is 2.54. The lowest BCUT2D eigenvalue weighted by molar-refractivity contribution is 0.0757. The maximum atomic E-state index is 11.9. The van der Waals surface area contributed by atoms with Crippen LogP contribution >= 0.6 is 46.1 Å². The maximum Gasteiger partial charge on any atom is 0.256 e. The van der Waals surface area contributed by atoms with E-state index in [1.54, 1.807) is 18.0 Å². The SMILES string of the molecule is CC(CCl)N(C)C(=O)c1cc(Cl)sc1Cl. The Bertz CT molecular complexity index is 366. The topological polar surface area (TPSA) is 20.3 Å². The van der Waals surface area contributed by atoms with Crippen molar-refractivity contribution in [2.45, 2.75) is 13.0 Å². The summed E-state index contributed by atoms with van der Waals surface area (Å²) in [5.74, 6) is 0.230. The van der Waals surface area contributed by atoms with Crippen molar-refractivity contribution in [1.29, 1.82) is 0 Å². The lowest BCUT2D eigenvalue weighted by atomic mass is 10.2. The van der Waals surface area contributed by atoms with Gasteiger partial charge in [-0.05, 0) is 13.0 Å². The molecule has 1 aromatic rings. The van der Waals surface area contributed by atoms with Crippen LogP contribution in [0.15, 0.2) is 6.07 Å². The Kier molecular flexibility index (Phi) is 4.71. The second kappa shape index (κ2) is 5.39. The van der Waals surface area contributed by atoms with Crippen LogP contribution in [0.2, 0.25) is 8.67 Å². The van der Waals surface area contributed by atoms with Gasteiger partial charge < -0.3 is 4.90 Å². The van der Waals surface area contributed by atoms with E-state index in [-0.39, 0.29) is 11.9 Å². The van der Waals surface area contributed by atoms with Crippen molar-refractivity contribution >= 4 is 52.0 Å². The van der Waals surface area contributed by atoms with Crippen LogP contribution in [0, 0.1) is 0 Å². The van der Waals surface area contributed by atoms with Crippen LogP contribution in [0.5, 0.6) is 0 Å². The minimum atomic E-state index is -0.156. The van der Waals surface area contributed by atoms with Gasteiger partial charge >= 0.3 is 0 Å². The molecule has 1 rings (SSSR count). The molecule has 0 aromatic carbocycles. The van der Waals surface area contributed by atoms with E-state index in [1.807, 2.05) is 6.92 Å². The summed E-state index contributed by atoms with van der Waals surface area (Å²) in [6, 6.07) is 1.54. The number of alkyl halides is 1. The molecular weight excluding hydrogens is 277 g/mol. The van der Waals surface area contributed by atoms with Crippen molar-refractivity contribution in [3.8, 4) is 0 Å². The van der Waals surface area contributed by atoms with Crippen molar-refractivity contribution in [2.75, 3.05) is 12.9 Å². The molecular formula is C9H10Cl3NOS. The zero-order valence-electron chi connectivity index (χ0n) is 8.26. The first-order chi connectivity index (χ1) is 6.97. The smallest absolute Gasteiger partial charge is 0.256 e. The highest BCUT2D eigenvalue weighted by molar-refractivity contribution is 7.20. The summed E-state index contributed by atoms with van der Waals surface area (Å²) in [5, 5.41) is 0. The summed E-state index contributed by atoms with van der Waals surface area (Å²) in [6.45, 7) is 1.87. The van der Waals surface area contributed by atoms with Gasteiger partial charge in [0.1, 0.15) is 4.34 Å². The summed E-state index contributed by atoms with van der Waals surface area (Å²) in [4.78, 5) is 13.5. The number of amides is 1. The molecule has 0 fully saturated rings. The van der Waals surface area contributed by atoms with E-state index in [4.69, 9.17) is 34.8 Å². The second-order valence-corrected chi connectivity index (χ2v) is 5.75. The summed E-state index contributed by atoms with van der Waals surface area (Å²) in [7, 11) is 1.69. The molecule has 0 aliphatic carbocycles. The van der Waals surface area contributed by atoms with E-state index in [2.05, 4.69) is 0 Å². The molecule has 0 aliphatic heterocycles. The zero-order valence-corrected chi connectivity index (χ0v) is 11.3. The van der Waals surface area contributed by atoms with Crippen molar-refractivity contribution in [3.63, 3.8) is 0 Å². The van der Waals surface area contributed by atoms with E-state index in [0.717, 1.165) is 0 Å². The first-order valence-electron chi connectivity index (χ1n) is 4.25. The van der Waals surface area contributed by atoms with Gasteiger partial charge in [-0.3, -0.25) is 4.79 Å². The van der Waals surface area contributed by atoms with Gasteiger partial charge in [0, 0.05) is 19.0 Å². The second-order valence-electron chi connectivity index (χ2n) is 3.16. The largest absolute Gasteiger partial charge is 0.338 e. The van der Waals surface area contributed by atoms with Crippen LogP contribution < -0.4 is 0 Å². The number of rotatable bonds is 3. The minimum Gasteiger partial charge on any atom is -0.338 e. The van der Waals surface area contributed by atoms with Crippen LogP contribution in [0.4, 0.5) is 0 Å². The van der Waals surface area contributed by atoms with Crippen LogP contribution in [0.25, 0.3) is 0 Å². The molecule has 1 unspecified atom stereocenters. The van der Waals surface area contributed by atoms with E-state index < -0.39 is 0 Å². The molecule has 1 amide bonds. The lowest BCUT2D eigenvalue weighted by Crippen LogP contribution is -2.36. The average molecular weight is 287 g/mol. The monoisotopic (exact) mass is 285 g/mol. The molecule has 0 aliphatic rings. The van der Waals surface area contributed by atoms with Crippen molar-refractivity contribution in [1.82, 2.24) is 4.90 Å². The van der Waals surface area contributed by atoms with Gasteiger partial charge in [0.25, 0.3) is 5.91 Å². The molecule has 0 radical (unpaired) electrons.